The molecule has 1 rings (SSSR count). The monoisotopic (exact) mass is 243 g/mol. The molecule has 0 amide bonds. The summed E-state index contributed by atoms with van der Waals surface area (Å²) in [5.41, 5.74) is 3.67. The highest BCUT2D eigenvalue weighted by Crippen LogP contribution is 2.40. The standard InChI is InChI=1S/C14H29NO2/c1-5-14(2,3)12-6-8-13(9-7-12)15-17-11-10-16-4/h12-13,15H,5-11H2,1-4H3. The van der Waals surface area contributed by atoms with Crippen LogP contribution in [0, 0.1) is 11.3 Å². The van der Waals surface area contributed by atoms with Gasteiger partial charge in [-0.25, -0.2) is 0 Å². The SMILES string of the molecule is CCC(C)(C)C1CCC(NOCCOC)CC1. The number of rotatable bonds is 7. The van der Waals surface area contributed by atoms with Crippen molar-refractivity contribution in [3.05, 3.63) is 0 Å². The molecule has 3 heteroatoms. The van der Waals surface area contributed by atoms with E-state index in [2.05, 4.69) is 26.3 Å². The Balaban J connectivity index is 2.17. The smallest absolute Gasteiger partial charge is 0.0915 e. The van der Waals surface area contributed by atoms with Crippen LogP contribution >= 0.6 is 0 Å². The molecule has 0 aromatic rings. The van der Waals surface area contributed by atoms with Gasteiger partial charge in [0.1, 0.15) is 0 Å². The minimum atomic E-state index is 0.502. The molecule has 0 bridgehead atoms. The van der Waals surface area contributed by atoms with Crippen LogP contribution in [0.1, 0.15) is 52.9 Å². The zero-order valence-corrected chi connectivity index (χ0v) is 11.9. The Bertz CT molecular complexity index is 198. The molecule has 1 fully saturated rings. The molecule has 0 saturated heterocycles. The molecule has 102 valence electrons. The molecule has 1 saturated carbocycles. The summed E-state index contributed by atoms with van der Waals surface area (Å²) in [5.74, 6) is 0.879. The molecule has 1 aliphatic carbocycles. The number of hydrogen-bond donors (Lipinski definition) is 1. The van der Waals surface area contributed by atoms with Gasteiger partial charge in [-0.05, 0) is 37.0 Å². The fourth-order valence-corrected chi connectivity index (χ4v) is 2.58. The van der Waals surface area contributed by atoms with E-state index in [0.717, 1.165) is 5.92 Å². The van der Waals surface area contributed by atoms with Crippen LogP contribution in [-0.2, 0) is 9.57 Å². The molecule has 0 aliphatic heterocycles. The second-order valence-electron chi connectivity index (χ2n) is 5.85. The highest BCUT2D eigenvalue weighted by molar-refractivity contribution is 4.83. The Morgan fingerprint density at radius 2 is 1.76 bits per heavy atom. The fraction of sp³-hybridized carbons (Fsp3) is 1.00. The summed E-state index contributed by atoms with van der Waals surface area (Å²) >= 11 is 0. The van der Waals surface area contributed by atoms with Crippen molar-refractivity contribution in [3.63, 3.8) is 0 Å². The lowest BCUT2D eigenvalue weighted by Crippen LogP contribution is -2.37. The second-order valence-corrected chi connectivity index (χ2v) is 5.85. The van der Waals surface area contributed by atoms with Crippen molar-refractivity contribution in [1.29, 1.82) is 0 Å². The first kappa shape index (κ1) is 14.9. The molecule has 1 N–H and O–H groups in total. The first-order valence-electron chi connectivity index (χ1n) is 6.96. The lowest BCUT2D eigenvalue weighted by Gasteiger charge is -2.38. The summed E-state index contributed by atoms with van der Waals surface area (Å²) in [7, 11) is 1.70. The maximum atomic E-state index is 5.39. The second kappa shape index (κ2) is 7.34. The van der Waals surface area contributed by atoms with Crippen LogP contribution in [-0.4, -0.2) is 26.4 Å². The van der Waals surface area contributed by atoms with Crippen molar-refractivity contribution in [2.75, 3.05) is 20.3 Å². The highest BCUT2D eigenvalue weighted by Gasteiger charge is 2.31. The number of methoxy groups -OCH3 is 1. The summed E-state index contributed by atoms with van der Waals surface area (Å²) in [6, 6.07) is 0.538. The highest BCUT2D eigenvalue weighted by atomic mass is 16.7. The molecular formula is C14H29NO2. The number of hydrogen-bond acceptors (Lipinski definition) is 3. The predicted octanol–water partition coefficient (Wildman–Crippen LogP) is 3.15. The Morgan fingerprint density at radius 3 is 2.29 bits per heavy atom. The van der Waals surface area contributed by atoms with E-state index in [9.17, 15) is 0 Å². The van der Waals surface area contributed by atoms with Crippen LogP contribution in [0.15, 0.2) is 0 Å². The molecule has 0 aromatic heterocycles. The minimum Gasteiger partial charge on any atom is -0.382 e. The Hall–Kier alpha value is -0.120. The van der Waals surface area contributed by atoms with Gasteiger partial charge >= 0.3 is 0 Å². The molecular weight excluding hydrogens is 214 g/mol. The van der Waals surface area contributed by atoms with Crippen molar-refractivity contribution in [2.24, 2.45) is 11.3 Å². The zero-order chi connectivity index (χ0) is 12.7. The van der Waals surface area contributed by atoms with Crippen molar-refractivity contribution in [1.82, 2.24) is 5.48 Å². The van der Waals surface area contributed by atoms with Crippen molar-refractivity contribution in [3.8, 4) is 0 Å². The number of hydroxylamine groups is 1. The lowest BCUT2D eigenvalue weighted by atomic mass is 9.69. The average Bonchev–Trinajstić information content (AvgIpc) is 2.35. The largest absolute Gasteiger partial charge is 0.382 e. The van der Waals surface area contributed by atoms with Crippen molar-refractivity contribution in [2.45, 2.75) is 58.9 Å². The van der Waals surface area contributed by atoms with Gasteiger partial charge in [0.2, 0.25) is 0 Å². The summed E-state index contributed by atoms with van der Waals surface area (Å²) in [4.78, 5) is 5.39. The summed E-state index contributed by atoms with van der Waals surface area (Å²) < 4.78 is 4.94. The lowest BCUT2D eigenvalue weighted by molar-refractivity contribution is -0.0252. The van der Waals surface area contributed by atoms with E-state index in [4.69, 9.17) is 9.57 Å². The molecule has 3 nitrogen and oxygen atoms in total. The zero-order valence-electron chi connectivity index (χ0n) is 11.9. The van der Waals surface area contributed by atoms with E-state index in [0.29, 0.717) is 24.7 Å². The van der Waals surface area contributed by atoms with Gasteiger partial charge in [0.05, 0.1) is 13.2 Å². The van der Waals surface area contributed by atoms with E-state index < -0.39 is 0 Å². The van der Waals surface area contributed by atoms with Crippen LogP contribution in [0.25, 0.3) is 0 Å². The van der Waals surface area contributed by atoms with Gasteiger partial charge < -0.3 is 4.74 Å². The van der Waals surface area contributed by atoms with Crippen LogP contribution in [0.3, 0.4) is 0 Å². The number of ether oxygens (including phenoxy) is 1. The van der Waals surface area contributed by atoms with Gasteiger partial charge in [-0.1, -0.05) is 27.2 Å². The van der Waals surface area contributed by atoms with Gasteiger partial charge in [-0.15, -0.1) is 0 Å². The topological polar surface area (TPSA) is 30.5 Å². The molecule has 0 aromatic carbocycles. The fourth-order valence-electron chi connectivity index (χ4n) is 2.58. The van der Waals surface area contributed by atoms with E-state index >= 15 is 0 Å². The molecule has 1 aliphatic rings. The van der Waals surface area contributed by atoms with Crippen LogP contribution < -0.4 is 5.48 Å². The third-order valence-corrected chi connectivity index (χ3v) is 4.38. The minimum absolute atomic E-state index is 0.502. The maximum absolute atomic E-state index is 5.39. The van der Waals surface area contributed by atoms with Gasteiger partial charge in [-0.2, -0.15) is 5.48 Å². The molecule has 0 atom stereocenters. The van der Waals surface area contributed by atoms with Crippen LogP contribution in [0.2, 0.25) is 0 Å². The summed E-state index contributed by atoms with van der Waals surface area (Å²) in [6.07, 6.45) is 6.40. The van der Waals surface area contributed by atoms with Gasteiger partial charge in [0.25, 0.3) is 0 Å². The quantitative estimate of drug-likeness (QED) is 0.550. The average molecular weight is 243 g/mol. The van der Waals surface area contributed by atoms with Crippen molar-refractivity contribution >= 4 is 0 Å². The van der Waals surface area contributed by atoms with Gasteiger partial charge in [0.15, 0.2) is 0 Å². The third-order valence-electron chi connectivity index (χ3n) is 4.38. The molecule has 0 unspecified atom stereocenters. The Labute approximate surface area is 106 Å². The first-order chi connectivity index (χ1) is 8.10. The maximum Gasteiger partial charge on any atom is 0.0915 e. The van der Waals surface area contributed by atoms with E-state index in [1.807, 2.05) is 0 Å². The normalized spacial score (nSPS) is 26.1. The van der Waals surface area contributed by atoms with E-state index in [1.54, 1.807) is 7.11 Å². The molecule has 17 heavy (non-hydrogen) atoms. The first-order valence-corrected chi connectivity index (χ1v) is 6.96. The molecule has 0 heterocycles. The van der Waals surface area contributed by atoms with Gasteiger partial charge in [-0.3, -0.25) is 4.84 Å². The van der Waals surface area contributed by atoms with Crippen LogP contribution in [0.5, 0.6) is 0 Å². The van der Waals surface area contributed by atoms with Gasteiger partial charge in [0, 0.05) is 13.2 Å². The predicted molar refractivity (Wildman–Crippen MR) is 70.8 cm³/mol. The van der Waals surface area contributed by atoms with Crippen molar-refractivity contribution < 1.29 is 9.57 Å². The summed E-state index contributed by atoms with van der Waals surface area (Å²) in [5, 5.41) is 0. The molecule has 0 radical (unpaired) electrons. The van der Waals surface area contributed by atoms with E-state index in [-0.39, 0.29) is 0 Å². The van der Waals surface area contributed by atoms with Crippen LogP contribution in [0.4, 0.5) is 0 Å². The summed E-state index contributed by atoms with van der Waals surface area (Å²) in [6.45, 7) is 8.40. The Kier molecular flexibility index (Phi) is 6.45. The number of nitrogens with one attached hydrogen (secondary N) is 1. The molecule has 0 spiro atoms. The third kappa shape index (κ3) is 4.94. The van der Waals surface area contributed by atoms with E-state index in [1.165, 1.54) is 32.1 Å². The Morgan fingerprint density at radius 1 is 1.12 bits per heavy atom.